The fourth-order valence-electron chi connectivity index (χ4n) is 0.710. The molecule has 0 aliphatic heterocycles. The maximum atomic E-state index is 10.9. The van der Waals surface area contributed by atoms with Crippen molar-refractivity contribution in [2.24, 2.45) is 0 Å². The van der Waals surface area contributed by atoms with Crippen molar-refractivity contribution in [1.29, 1.82) is 0 Å². The van der Waals surface area contributed by atoms with Gasteiger partial charge in [0.05, 0.1) is 9.82 Å². The van der Waals surface area contributed by atoms with Crippen molar-refractivity contribution < 1.29 is 13.3 Å². The highest BCUT2D eigenvalue weighted by Gasteiger charge is 2.13. The molecule has 0 N–H and O–H groups in total. The zero-order valence-corrected chi connectivity index (χ0v) is 7.48. The molecule has 1 heterocycles. The molecule has 0 saturated carbocycles. The van der Waals surface area contributed by atoms with E-state index in [4.69, 9.17) is 0 Å². The Hall–Kier alpha value is -1.50. The van der Waals surface area contributed by atoms with Crippen LogP contribution >= 0.6 is 0 Å². The summed E-state index contributed by atoms with van der Waals surface area (Å²) in [6.07, 6.45) is 3.03. The predicted molar refractivity (Wildman–Crippen MR) is 44.0 cm³/mol. The first-order chi connectivity index (χ1) is 5.91. The molecule has 7 heteroatoms. The van der Waals surface area contributed by atoms with Crippen molar-refractivity contribution >= 4 is 15.5 Å². The van der Waals surface area contributed by atoms with E-state index in [-0.39, 0.29) is 10.6 Å². The van der Waals surface area contributed by atoms with Gasteiger partial charge in [-0.15, -0.1) is 0 Å². The van der Waals surface area contributed by atoms with Crippen LogP contribution in [-0.2, 0) is 9.84 Å². The fourth-order valence-corrected chi connectivity index (χ4v) is 1.30. The van der Waals surface area contributed by atoms with Gasteiger partial charge in [-0.2, -0.15) is 0 Å². The fraction of sp³-hybridized carbons (Fsp3) is 0.167. The molecule has 0 aliphatic rings. The van der Waals surface area contributed by atoms with Crippen LogP contribution in [0.1, 0.15) is 0 Å². The average Bonchev–Trinajstić information content (AvgIpc) is 2.03. The predicted octanol–water partition coefficient (Wildman–Crippen LogP) is 0.393. The van der Waals surface area contributed by atoms with Gasteiger partial charge in [0.25, 0.3) is 5.69 Å². The van der Waals surface area contributed by atoms with Crippen molar-refractivity contribution in [3.8, 4) is 0 Å². The summed E-state index contributed by atoms with van der Waals surface area (Å²) < 4.78 is 21.9. The molecular weight excluding hydrogens is 196 g/mol. The third kappa shape index (κ3) is 2.22. The number of nitrogens with zero attached hydrogens (tertiary/aromatic N) is 2. The zero-order chi connectivity index (χ0) is 10.1. The molecule has 0 unspecified atom stereocenters. The lowest BCUT2D eigenvalue weighted by molar-refractivity contribution is -0.385. The molecule has 6 nitrogen and oxygen atoms in total. The van der Waals surface area contributed by atoms with Gasteiger partial charge in [0.1, 0.15) is 6.20 Å². The Morgan fingerprint density at radius 2 is 2.08 bits per heavy atom. The molecule has 0 amide bonds. The molecular formula is C6H6N2O4S. The van der Waals surface area contributed by atoms with E-state index >= 15 is 0 Å². The van der Waals surface area contributed by atoms with Gasteiger partial charge < -0.3 is 0 Å². The summed E-state index contributed by atoms with van der Waals surface area (Å²) in [6.45, 7) is 0. The van der Waals surface area contributed by atoms with Crippen molar-refractivity contribution in [1.82, 2.24) is 4.98 Å². The molecule has 70 valence electrons. The first-order valence-electron chi connectivity index (χ1n) is 3.21. The van der Waals surface area contributed by atoms with Crippen LogP contribution < -0.4 is 0 Å². The van der Waals surface area contributed by atoms with Gasteiger partial charge in [0.2, 0.25) is 0 Å². The third-order valence-electron chi connectivity index (χ3n) is 1.34. The molecule has 0 atom stereocenters. The Morgan fingerprint density at radius 1 is 1.46 bits per heavy atom. The molecule has 0 aromatic carbocycles. The second-order valence-electron chi connectivity index (χ2n) is 2.41. The van der Waals surface area contributed by atoms with E-state index < -0.39 is 14.8 Å². The summed E-state index contributed by atoms with van der Waals surface area (Å²) in [5.74, 6) is 0. The maximum Gasteiger partial charge on any atom is 0.288 e. The van der Waals surface area contributed by atoms with Crippen LogP contribution in [0.15, 0.2) is 23.4 Å². The summed E-state index contributed by atoms with van der Waals surface area (Å²) in [6, 6.07) is 0.975. The van der Waals surface area contributed by atoms with E-state index in [1.165, 1.54) is 0 Å². The SMILES string of the molecule is CS(=O)(=O)c1cncc([N+](=O)[O-])c1. The Bertz CT molecular complexity index is 440. The third-order valence-corrected chi connectivity index (χ3v) is 2.42. The Kier molecular flexibility index (Phi) is 2.28. The maximum absolute atomic E-state index is 10.9. The normalized spacial score (nSPS) is 11.2. The minimum absolute atomic E-state index is 0.151. The van der Waals surface area contributed by atoms with Gasteiger partial charge in [0, 0.05) is 18.5 Å². The number of hydrogen-bond acceptors (Lipinski definition) is 5. The lowest BCUT2D eigenvalue weighted by Crippen LogP contribution is -1.99. The molecule has 0 spiro atoms. The molecule has 0 radical (unpaired) electrons. The van der Waals surface area contributed by atoms with Gasteiger partial charge >= 0.3 is 0 Å². The Balaban J connectivity index is 3.29. The first-order valence-corrected chi connectivity index (χ1v) is 5.10. The van der Waals surface area contributed by atoms with E-state index in [2.05, 4.69) is 4.98 Å². The van der Waals surface area contributed by atoms with Crippen molar-refractivity contribution in [2.75, 3.05) is 6.26 Å². The van der Waals surface area contributed by atoms with Crippen LogP contribution in [0.4, 0.5) is 5.69 Å². The van der Waals surface area contributed by atoms with Crippen molar-refractivity contribution in [3.63, 3.8) is 0 Å². The highest BCUT2D eigenvalue weighted by molar-refractivity contribution is 7.90. The standard InChI is InChI=1S/C6H6N2O4S/c1-13(11,12)6-2-5(8(9)10)3-7-4-6/h2-4H,1H3. The average molecular weight is 202 g/mol. The van der Waals surface area contributed by atoms with E-state index in [0.29, 0.717) is 0 Å². The molecule has 0 saturated heterocycles. The number of pyridine rings is 1. The lowest BCUT2D eigenvalue weighted by Gasteiger charge is -1.95. The second kappa shape index (κ2) is 3.09. The summed E-state index contributed by atoms with van der Waals surface area (Å²) >= 11 is 0. The molecule has 13 heavy (non-hydrogen) atoms. The Morgan fingerprint density at radius 3 is 2.54 bits per heavy atom. The number of sulfone groups is 1. The van der Waals surface area contributed by atoms with Gasteiger partial charge in [-0.3, -0.25) is 15.1 Å². The second-order valence-corrected chi connectivity index (χ2v) is 4.42. The first kappa shape index (κ1) is 9.59. The number of nitro groups is 1. The summed E-state index contributed by atoms with van der Waals surface area (Å²) in [5.41, 5.74) is -0.331. The number of rotatable bonds is 2. The topological polar surface area (TPSA) is 90.2 Å². The number of hydrogen-bond donors (Lipinski definition) is 0. The van der Waals surface area contributed by atoms with E-state index in [0.717, 1.165) is 24.7 Å². The molecule has 0 bridgehead atoms. The Labute approximate surface area is 74.3 Å². The van der Waals surface area contributed by atoms with Gasteiger partial charge in [0.15, 0.2) is 9.84 Å². The number of aromatic nitrogens is 1. The van der Waals surface area contributed by atoms with E-state index in [1.807, 2.05) is 0 Å². The van der Waals surface area contributed by atoms with Crippen LogP contribution in [0.25, 0.3) is 0 Å². The van der Waals surface area contributed by atoms with Gasteiger partial charge in [-0.25, -0.2) is 8.42 Å². The van der Waals surface area contributed by atoms with Crippen LogP contribution in [0.3, 0.4) is 0 Å². The van der Waals surface area contributed by atoms with Crippen LogP contribution in [0, 0.1) is 10.1 Å². The molecule has 1 aromatic rings. The van der Waals surface area contributed by atoms with Crippen LogP contribution in [0.2, 0.25) is 0 Å². The molecule has 0 fully saturated rings. The summed E-state index contributed by atoms with van der Waals surface area (Å²) in [7, 11) is -3.43. The summed E-state index contributed by atoms with van der Waals surface area (Å²) in [5, 5.41) is 10.3. The van der Waals surface area contributed by atoms with E-state index in [1.54, 1.807) is 0 Å². The monoisotopic (exact) mass is 202 g/mol. The highest BCUT2D eigenvalue weighted by atomic mass is 32.2. The minimum atomic E-state index is -3.43. The van der Waals surface area contributed by atoms with Gasteiger partial charge in [-0.05, 0) is 0 Å². The highest BCUT2D eigenvalue weighted by Crippen LogP contribution is 2.14. The lowest BCUT2D eigenvalue weighted by atomic mass is 10.4. The van der Waals surface area contributed by atoms with Crippen molar-refractivity contribution in [3.05, 3.63) is 28.6 Å². The molecule has 1 aromatic heterocycles. The zero-order valence-electron chi connectivity index (χ0n) is 6.67. The van der Waals surface area contributed by atoms with E-state index in [9.17, 15) is 18.5 Å². The summed E-state index contributed by atoms with van der Waals surface area (Å²) in [4.78, 5) is 12.9. The van der Waals surface area contributed by atoms with Crippen molar-refractivity contribution in [2.45, 2.75) is 4.90 Å². The largest absolute Gasteiger partial charge is 0.288 e. The van der Waals surface area contributed by atoms with Crippen LogP contribution in [0.5, 0.6) is 0 Å². The van der Waals surface area contributed by atoms with Crippen LogP contribution in [-0.4, -0.2) is 24.6 Å². The smallest absolute Gasteiger partial charge is 0.258 e. The molecule has 1 rings (SSSR count). The molecule has 0 aliphatic carbocycles. The van der Waals surface area contributed by atoms with Gasteiger partial charge in [-0.1, -0.05) is 0 Å². The quantitative estimate of drug-likeness (QED) is 0.511. The minimum Gasteiger partial charge on any atom is -0.258 e.